The molecule has 5 rings (SSSR count). The highest BCUT2D eigenvalue weighted by atomic mass is 79.9. The Morgan fingerprint density at radius 1 is 1.06 bits per heavy atom. The zero-order chi connectivity index (χ0) is 23.3. The summed E-state index contributed by atoms with van der Waals surface area (Å²) >= 11 is 9.70. The van der Waals surface area contributed by atoms with Crippen LogP contribution in [0.3, 0.4) is 0 Å². The summed E-state index contributed by atoms with van der Waals surface area (Å²) in [5, 5.41) is 12.2. The molecule has 0 saturated carbocycles. The van der Waals surface area contributed by atoms with Crippen molar-refractivity contribution in [1.82, 2.24) is 4.90 Å². The largest absolute Gasteiger partial charge is 0.450 e. The van der Waals surface area contributed by atoms with Crippen LogP contribution in [0.1, 0.15) is 33.3 Å². The number of non-ortho nitro benzene ring substituents is 1. The van der Waals surface area contributed by atoms with Crippen molar-refractivity contribution in [2.75, 3.05) is 0 Å². The van der Waals surface area contributed by atoms with E-state index in [1.54, 1.807) is 48.5 Å². The average Bonchev–Trinajstić information content (AvgIpc) is 3.08. The second kappa shape index (κ2) is 8.13. The SMILES string of the molecule is O=C1c2oc3ccc(Br)cc3c(=O)c2C(c2cccc([N+](=O)[O-])c2)N1Cc1ccccc1Cl. The highest BCUT2D eigenvalue weighted by Crippen LogP contribution is 2.40. The summed E-state index contributed by atoms with van der Waals surface area (Å²) in [7, 11) is 0. The Morgan fingerprint density at radius 2 is 1.85 bits per heavy atom. The summed E-state index contributed by atoms with van der Waals surface area (Å²) in [5.74, 6) is -0.554. The molecule has 0 radical (unpaired) electrons. The van der Waals surface area contributed by atoms with E-state index in [-0.39, 0.29) is 34.6 Å². The predicted molar refractivity (Wildman–Crippen MR) is 126 cm³/mol. The number of hydrogen-bond donors (Lipinski definition) is 0. The Balaban J connectivity index is 1.76. The van der Waals surface area contributed by atoms with Gasteiger partial charge in [-0.15, -0.1) is 0 Å². The van der Waals surface area contributed by atoms with E-state index in [0.717, 1.165) is 0 Å². The lowest BCUT2D eigenvalue weighted by Crippen LogP contribution is -2.29. The summed E-state index contributed by atoms with van der Waals surface area (Å²) in [6.07, 6.45) is 0. The summed E-state index contributed by atoms with van der Waals surface area (Å²) in [6, 6.07) is 17.1. The van der Waals surface area contributed by atoms with E-state index in [1.807, 2.05) is 0 Å². The first-order valence-electron chi connectivity index (χ1n) is 9.90. The van der Waals surface area contributed by atoms with E-state index in [4.69, 9.17) is 16.0 Å². The van der Waals surface area contributed by atoms with Crippen LogP contribution in [0.4, 0.5) is 5.69 Å². The lowest BCUT2D eigenvalue weighted by molar-refractivity contribution is -0.384. The van der Waals surface area contributed by atoms with Crippen molar-refractivity contribution in [3.8, 4) is 0 Å². The molecule has 1 aromatic heterocycles. The van der Waals surface area contributed by atoms with Crippen molar-refractivity contribution in [3.05, 3.63) is 119 Å². The van der Waals surface area contributed by atoms with Crippen molar-refractivity contribution in [2.24, 2.45) is 0 Å². The first-order valence-corrected chi connectivity index (χ1v) is 11.1. The second-order valence-electron chi connectivity index (χ2n) is 7.59. The number of hydrogen-bond acceptors (Lipinski definition) is 5. The summed E-state index contributed by atoms with van der Waals surface area (Å²) in [4.78, 5) is 39.4. The second-order valence-corrected chi connectivity index (χ2v) is 8.92. The molecule has 0 fully saturated rings. The molecule has 2 heterocycles. The van der Waals surface area contributed by atoms with E-state index in [2.05, 4.69) is 15.9 Å². The number of benzene rings is 3. The minimum Gasteiger partial charge on any atom is -0.450 e. The number of nitrogens with zero attached hydrogens (tertiary/aromatic N) is 2. The molecule has 7 nitrogen and oxygen atoms in total. The molecule has 0 saturated heterocycles. The minimum atomic E-state index is -0.872. The quantitative estimate of drug-likeness (QED) is 0.246. The van der Waals surface area contributed by atoms with Gasteiger partial charge in [0, 0.05) is 28.2 Å². The van der Waals surface area contributed by atoms with Crippen LogP contribution in [0, 0.1) is 10.1 Å². The van der Waals surface area contributed by atoms with Gasteiger partial charge < -0.3 is 9.32 Å². The third kappa shape index (κ3) is 3.61. The molecule has 33 heavy (non-hydrogen) atoms. The number of carbonyl (C=O) groups is 1. The third-order valence-electron chi connectivity index (χ3n) is 5.62. The maximum atomic E-state index is 13.6. The van der Waals surface area contributed by atoms with Gasteiger partial charge in [-0.1, -0.05) is 57.9 Å². The summed E-state index contributed by atoms with van der Waals surface area (Å²) < 4.78 is 6.59. The van der Waals surface area contributed by atoms with E-state index < -0.39 is 16.9 Å². The van der Waals surface area contributed by atoms with Gasteiger partial charge in [0.15, 0.2) is 5.43 Å². The molecule has 1 atom stereocenters. The van der Waals surface area contributed by atoms with Crippen LogP contribution in [-0.2, 0) is 6.54 Å². The molecule has 1 unspecified atom stereocenters. The molecule has 1 aliphatic rings. The standard InChI is InChI=1S/C24H14BrClN2O5/c25-15-8-9-19-17(11-15)22(29)20-21(13-5-3-6-16(10-13)28(31)32)27(24(30)23(20)33-19)12-14-4-1-2-7-18(14)26/h1-11,21H,12H2. The van der Waals surface area contributed by atoms with Crippen molar-refractivity contribution in [2.45, 2.75) is 12.6 Å². The van der Waals surface area contributed by atoms with Crippen LogP contribution in [0.5, 0.6) is 0 Å². The molecule has 0 spiro atoms. The maximum absolute atomic E-state index is 13.6. The maximum Gasteiger partial charge on any atom is 0.291 e. The van der Waals surface area contributed by atoms with Gasteiger partial charge in [-0.3, -0.25) is 19.7 Å². The first kappa shape index (κ1) is 21.4. The molecule has 3 aromatic carbocycles. The van der Waals surface area contributed by atoms with E-state index in [0.29, 0.717) is 26.0 Å². The Kier molecular flexibility index (Phi) is 5.26. The van der Waals surface area contributed by atoms with Gasteiger partial charge in [0.25, 0.3) is 11.6 Å². The molecule has 9 heteroatoms. The fraction of sp³-hybridized carbons (Fsp3) is 0.0833. The van der Waals surface area contributed by atoms with Crippen molar-refractivity contribution in [3.63, 3.8) is 0 Å². The normalized spacial score (nSPS) is 15.2. The molecule has 0 bridgehead atoms. The topological polar surface area (TPSA) is 93.7 Å². The Morgan fingerprint density at radius 3 is 2.61 bits per heavy atom. The zero-order valence-corrected chi connectivity index (χ0v) is 19.2. The minimum absolute atomic E-state index is 0.0709. The lowest BCUT2D eigenvalue weighted by Gasteiger charge is -2.25. The van der Waals surface area contributed by atoms with Crippen LogP contribution in [-0.4, -0.2) is 15.7 Å². The number of amides is 1. The molecular formula is C24H14BrClN2O5. The number of fused-ring (bicyclic) bond motifs is 2. The number of rotatable bonds is 4. The van der Waals surface area contributed by atoms with Gasteiger partial charge in [-0.25, -0.2) is 0 Å². The van der Waals surface area contributed by atoms with E-state index in [1.165, 1.54) is 23.1 Å². The number of nitro groups is 1. The van der Waals surface area contributed by atoms with Crippen LogP contribution >= 0.6 is 27.5 Å². The third-order valence-corrected chi connectivity index (χ3v) is 6.48. The first-order chi connectivity index (χ1) is 15.8. The fourth-order valence-corrected chi connectivity index (χ4v) is 4.68. The van der Waals surface area contributed by atoms with Gasteiger partial charge in [0.1, 0.15) is 5.58 Å². The van der Waals surface area contributed by atoms with Gasteiger partial charge in [-0.05, 0) is 35.4 Å². The molecule has 1 aliphatic heterocycles. The molecule has 0 N–H and O–H groups in total. The van der Waals surface area contributed by atoms with Gasteiger partial charge >= 0.3 is 0 Å². The van der Waals surface area contributed by atoms with Crippen LogP contribution in [0.2, 0.25) is 5.02 Å². The number of nitro benzene ring substituents is 1. The molecule has 4 aromatic rings. The van der Waals surface area contributed by atoms with Crippen LogP contribution < -0.4 is 5.43 Å². The Hall–Kier alpha value is -3.49. The molecule has 1 amide bonds. The average molecular weight is 526 g/mol. The molecule has 164 valence electrons. The highest BCUT2D eigenvalue weighted by molar-refractivity contribution is 9.10. The van der Waals surface area contributed by atoms with Gasteiger partial charge in [0.05, 0.1) is 21.9 Å². The highest BCUT2D eigenvalue weighted by Gasteiger charge is 2.43. The summed E-state index contributed by atoms with van der Waals surface area (Å²) in [6.45, 7) is 0.0928. The fourth-order valence-electron chi connectivity index (χ4n) is 4.12. The molecular weight excluding hydrogens is 512 g/mol. The van der Waals surface area contributed by atoms with E-state index in [9.17, 15) is 19.7 Å². The van der Waals surface area contributed by atoms with Crippen molar-refractivity contribution < 1.29 is 14.1 Å². The van der Waals surface area contributed by atoms with Crippen LogP contribution in [0.15, 0.2) is 80.4 Å². The molecule has 0 aliphatic carbocycles. The number of carbonyl (C=O) groups excluding carboxylic acids is 1. The zero-order valence-electron chi connectivity index (χ0n) is 16.8. The van der Waals surface area contributed by atoms with Gasteiger partial charge in [0.2, 0.25) is 5.76 Å². The monoisotopic (exact) mass is 524 g/mol. The Bertz CT molecular complexity index is 1520. The van der Waals surface area contributed by atoms with Gasteiger partial charge in [-0.2, -0.15) is 0 Å². The smallest absolute Gasteiger partial charge is 0.291 e. The predicted octanol–water partition coefficient (Wildman–Crippen LogP) is 5.86. The summed E-state index contributed by atoms with van der Waals surface area (Å²) in [5.41, 5.74) is 1.05. The van der Waals surface area contributed by atoms with Crippen LogP contribution in [0.25, 0.3) is 11.0 Å². The van der Waals surface area contributed by atoms with Crippen molar-refractivity contribution >= 4 is 50.1 Å². The lowest BCUT2D eigenvalue weighted by atomic mass is 9.98. The van der Waals surface area contributed by atoms with Crippen molar-refractivity contribution in [1.29, 1.82) is 0 Å². The van der Waals surface area contributed by atoms with E-state index >= 15 is 0 Å². The Labute approximate surface area is 200 Å². The number of halogens is 2.